The van der Waals surface area contributed by atoms with Crippen LogP contribution in [0.1, 0.15) is 29.5 Å². The number of anilines is 1. The molecular formula is C23H26N2O4S. The lowest BCUT2D eigenvalue weighted by Crippen LogP contribution is -2.30. The Morgan fingerprint density at radius 2 is 1.67 bits per heavy atom. The second kappa shape index (κ2) is 10.1. The highest BCUT2D eigenvalue weighted by Crippen LogP contribution is 2.20. The maximum Gasteiger partial charge on any atom is 0.287 e. The number of carbonyl (C=O) groups excluding carboxylic acids is 1. The van der Waals surface area contributed by atoms with Gasteiger partial charge >= 0.3 is 0 Å². The molecular weight excluding hydrogens is 400 g/mol. The first-order valence-corrected chi connectivity index (χ1v) is 11.6. The summed E-state index contributed by atoms with van der Waals surface area (Å²) in [5.74, 6) is -0.639. The molecule has 0 radical (unpaired) electrons. The van der Waals surface area contributed by atoms with Gasteiger partial charge in [-0.25, -0.2) is 8.42 Å². The van der Waals surface area contributed by atoms with E-state index in [9.17, 15) is 13.2 Å². The summed E-state index contributed by atoms with van der Waals surface area (Å²) in [4.78, 5) is 15.0. The zero-order valence-electron chi connectivity index (χ0n) is 17.0. The monoisotopic (exact) mass is 426 g/mol. The Morgan fingerprint density at radius 3 is 2.33 bits per heavy atom. The average molecular weight is 427 g/mol. The fourth-order valence-corrected chi connectivity index (χ4v) is 4.60. The number of para-hydroxylation sites is 1. The van der Waals surface area contributed by atoms with Gasteiger partial charge < -0.3 is 14.6 Å². The summed E-state index contributed by atoms with van der Waals surface area (Å²) in [6.45, 7) is 4.23. The molecule has 0 spiro atoms. The van der Waals surface area contributed by atoms with E-state index in [2.05, 4.69) is 29.3 Å². The van der Waals surface area contributed by atoms with Crippen molar-refractivity contribution >= 4 is 21.4 Å². The van der Waals surface area contributed by atoms with Crippen LogP contribution in [0.25, 0.3) is 0 Å². The minimum Gasteiger partial charge on any atom is -0.459 e. The van der Waals surface area contributed by atoms with Crippen LogP contribution in [0.15, 0.2) is 82.3 Å². The SMILES string of the molecule is CCN(CCCNC(=O)c1occc1CS(=O)(=O)c1ccccc1)c1ccccc1. The fourth-order valence-electron chi connectivity index (χ4n) is 3.23. The van der Waals surface area contributed by atoms with Crippen LogP contribution in [0.4, 0.5) is 5.69 Å². The van der Waals surface area contributed by atoms with E-state index in [0.717, 1.165) is 25.2 Å². The van der Waals surface area contributed by atoms with Crippen molar-refractivity contribution in [2.45, 2.75) is 24.0 Å². The Morgan fingerprint density at radius 1 is 1.00 bits per heavy atom. The zero-order chi connectivity index (χ0) is 21.4. The van der Waals surface area contributed by atoms with Gasteiger partial charge in [0, 0.05) is 30.9 Å². The molecule has 0 unspecified atom stereocenters. The molecule has 0 saturated carbocycles. The van der Waals surface area contributed by atoms with E-state index >= 15 is 0 Å². The van der Waals surface area contributed by atoms with Crippen LogP contribution < -0.4 is 10.2 Å². The minimum atomic E-state index is -3.56. The molecule has 0 bridgehead atoms. The van der Waals surface area contributed by atoms with E-state index in [0.29, 0.717) is 12.1 Å². The molecule has 6 nitrogen and oxygen atoms in total. The van der Waals surface area contributed by atoms with E-state index in [4.69, 9.17) is 4.42 Å². The maximum absolute atomic E-state index is 12.6. The van der Waals surface area contributed by atoms with Crippen LogP contribution in [0.5, 0.6) is 0 Å². The van der Waals surface area contributed by atoms with Crippen molar-refractivity contribution < 1.29 is 17.6 Å². The number of amides is 1. The number of carbonyl (C=O) groups is 1. The lowest BCUT2D eigenvalue weighted by Gasteiger charge is -2.23. The number of nitrogens with one attached hydrogen (secondary N) is 1. The van der Waals surface area contributed by atoms with Crippen molar-refractivity contribution in [1.82, 2.24) is 5.32 Å². The average Bonchev–Trinajstić information content (AvgIpc) is 3.22. The number of furan rings is 1. The van der Waals surface area contributed by atoms with Gasteiger partial charge in [-0.15, -0.1) is 0 Å². The predicted octanol–water partition coefficient (Wildman–Crippen LogP) is 3.90. The third-order valence-electron chi connectivity index (χ3n) is 4.79. The van der Waals surface area contributed by atoms with Gasteiger partial charge in [-0.2, -0.15) is 0 Å². The van der Waals surface area contributed by atoms with Crippen LogP contribution >= 0.6 is 0 Å². The minimum absolute atomic E-state index is 0.0462. The van der Waals surface area contributed by atoms with Crippen LogP contribution in [-0.2, 0) is 15.6 Å². The molecule has 1 amide bonds. The van der Waals surface area contributed by atoms with E-state index in [-0.39, 0.29) is 16.4 Å². The van der Waals surface area contributed by atoms with E-state index in [1.54, 1.807) is 30.3 Å². The molecule has 3 rings (SSSR count). The number of sulfone groups is 1. The highest BCUT2D eigenvalue weighted by atomic mass is 32.2. The standard InChI is InChI=1S/C23H26N2O4S/c1-2-25(20-10-5-3-6-11-20)16-9-15-24-23(26)22-19(14-17-29-22)18-30(27,28)21-12-7-4-8-13-21/h3-8,10-14,17H,2,9,15-16,18H2,1H3,(H,24,26). The molecule has 0 aliphatic rings. The number of benzene rings is 2. The van der Waals surface area contributed by atoms with Gasteiger partial charge in [0.1, 0.15) is 0 Å². The first-order valence-electron chi connectivity index (χ1n) is 9.93. The molecule has 0 atom stereocenters. The Hall–Kier alpha value is -3.06. The highest BCUT2D eigenvalue weighted by molar-refractivity contribution is 7.90. The van der Waals surface area contributed by atoms with Crippen molar-refractivity contribution in [2.24, 2.45) is 0 Å². The summed E-state index contributed by atoms with van der Waals surface area (Å²) in [5.41, 5.74) is 1.50. The second-order valence-electron chi connectivity index (χ2n) is 6.87. The van der Waals surface area contributed by atoms with Crippen molar-refractivity contribution in [3.05, 3.63) is 84.3 Å². The van der Waals surface area contributed by atoms with Gasteiger partial charge in [0.05, 0.1) is 16.9 Å². The van der Waals surface area contributed by atoms with E-state index in [1.807, 2.05) is 18.2 Å². The van der Waals surface area contributed by atoms with Gasteiger partial charge in [-0.3, -0.25) is 4.79 Å². The summed E-state index contributed by atoms with van der Waals surface area (Å²) in [5, 5.41) is 2.83. The summed E-state index contributed by atoms with van der Waals surface area (Å²) >= 11 is 0. The van der Waals surface area contributed by atoms with Gasteiger partial charge in [-0.05, 0) is 43.7 Å². The van der Waals surface area contributed by atoms with Crippen molar-refractivity contribution in [2.75, 3.05) is 24.5 Å². The first-order chi connectivity index (χ1) is 14.5. The number of rotatable bonds is 10. The Bertz CT molecular complexity index is 1050. The highest BCUT2D eigenvalue weighted by Gasteiger charge is 2.22. The Balaban J connectivity index is 1.55. The molecule has 1 aromatic heterocycles. The van der Waals surface area contributed by atoms with Crippen molar-refractivity contribution in [3.63, 3.8) is 0 Å². The number of nitrogens with zero attached hydrogens (tertiary/aromatic N) is 1. The lowest BCUT2D eigenvalue weighted by atomic mass is 10.2. The molecule has 0 aliphatic heterocycles. The Kier molecular flexibility index (Phi) is 7.30. The van der Waals surface area contributed by atoms with Crippen LogP contribution in [0.3, 0.4) is 0 Å². The maximum atomic E-state index is 12.6. The van der Waals surface area contributed by atoms with Crippen molar-refractivity contribution in [1.29, 1.82) is 0 Å². The first kappa shape index (κ1) is 21.6. The smallest absolute Gasteiger partial charge is 0.287 e. The molecule has 2 aromatic carbocycles. The molecule has 30 heavy (non-hydrogen) atoms. The molecule has 158 valence electrons. The van der Waals surface area contributed by atoms with Crippen molar-refractivity contribution in [3.8, 4) is 0 Å². The lowest BCUT2D eigenvalue weighted by molar-refractivity contribution is 0.0924. The molecule has 0 aliphatic carbocycles. The second-order valence-corrected chi connectivity index (χ2v) is 8.86. The largest absolute Gasteiger partial charge is 0.459 e. The molecule has 1 heterocycles. The van der Waals surface area contributed by atoms with E-state index in [1.165, 1.54) is 12.3 Å². The van der Waals surface area contributed by atoms with Gasteiger partial charge in [0.2, 0.25) is 0 Å². The summed E-state index contributed by atoms with van der Waals surface area (Å²) in [6.07, 6.45) is 2.10. The molecule has 3 aromatic rings. The molecule has 7 heteroatoms. The molecule has 1 N–H and O–H groups in total. The Labute approximate surface area is 177 Å². The molecule has 0 fully saturated rings. The quantitative estimate of drug-likeness (QED) is 0.498. The predicted molar refractivity (Wildman–Crippen MR) is 117 cm³/mol. The number of hydrogen-bond acceptors (Lipinski definition) is 5. The summed E-state index contributed by atoms with van der Waals surface area (Å²) in [6, 6.07) is 19.8. The third-order valence-corrected chi connectivity index (χ3v) is 6.48. The van der Waals surface area contributed by atoms with Gasteiger partial charge in [-0.1, -0.05) is 36.4 Å². The van der Waals surface area contributed by atoms with Gasteiger partial charge in [0.15, 0.2) is 15.6 Å². The van der Waals surface area contributed by atoms with Crippen LogP contribution in [0, 0.1) is 0 Å². The zero-order valence-corrected chi connectivity index (χ0v) is 17.8. The number of hydrogen-bond donors (Lipinski definition) is 1. The third kappa shape index (κ3) is 5.51. The fraction of sp³-hybridized carbons (Fsp3) is 0.261. The van der Waals surface area contributed by atoms with Crippen LogP contribution in [0.2, 0.25) is 0 Å². The van der Waals surface area contributed by atoms with E-state index < -0.39 is 15.7 Å². The normalized spacial score (nSPS) is 11.2. The summed E-state index contributed by atoms with van der Waals surface area (Å²) < 4.78 is 30.5. The van der Waals surface area contributed by atoms with Crippen LogP contribution in [-0.4, -0.2) is 34.0 Å². The van der Waals surface area contributed by atoms with Gasteiger partial charge in [0.25, 0.3) is 5.91 Å². The topological polar surface area (TPSA) is 79.6 Å². The summed E-state index contributed by atoms with van der Waals surface area (Å²) in [7, 11) is -3.56. The molecule has 0 saturated heterocycles.